The van der Waals surface area contributed by atoms with Gasteiger partial charge in [0, 0.05) is 17.0 Å². The number of phenols is 1. The lowest BCUT2D eigenvalue weighted by Gasteiger charge is -2.59. The molecule has 1 aromatic heterocycles. The maximum Gasteiger partial charge on any atom is 0.226 e. The van der Waals surface area contributed by atoms with E-state index in [1.54, 1.807) is 23.5 Å². The van der Waals surface area contributed by atoms with Crippen molar-refractivity contribution in [3.63, 3.8) is 0 Å². The van der Waals surface area contributed by atoms with Gasteiger partial charge in [-0.3, -0.25) is 4.79 Å². The number of rotatable bonds is 5. The van der Waals surface area contributed by atoms with E-state index >= 15 is 0 Å². The van der Waals surface area contributed by atoms with Crippen molar-refractivity contribution in [2.24, 2.45) is 23.2 Å². The highest BCUT2D eigenvalue weighted by molar-refractivity contribution is 7.13. The molecule has 0 aliphatic heterocycles. The van der Waals surface area contributed by atoms with E-state index in [1.807, 2.05) is 17.5 Å². The number of aromatic hydroxyl groups is 1. The van der Waals surface area contributed by atoms with Gasteiger partial charge in [0.05, 0.1) is 12.1 Å². The van der Waals surface area contributed by atoms with Gasteiger partial charge in [-0.15, -0.1) is 11.3 Å². The fourth-order valence-electron chi connectivity index (χ4n) is 6.44. The molecule has 0 saturated heterocycles. The van der Waals surface area contributed by atoms with Crippen molar-refractivity contribution in [2.75, 3.05) is 0 Å². The first-order valence-electron chi connectivity index (χ1n) is 10.5. The van der Waals surface area contributed by atoms with Crippen molar-refractivity contribution < 1.29 is 9.90 Å². The minimum Gasteiger partial charge on any atom is -0.508 e. The Labute approximate surface area is 170 Å². The summed E-state index contributed by atoms with van der Waals surface area (Å²) in [6.45, 7) is 2.23. The van der Waals surface area contributed by atoms with Gasteiger partial charge in [0.15, 0.2) is 0 Å². The van der Waals surface area contributed by atoms with E-state index in [1.165, 1.54) is 38.5 Å². The Bertz CT molecular complexity index is 838. The first kappa shape index (κ1) is 18.2. The summed E-state index contributed by atoms with van der Waals surface area (Å²) in [5.41, 5.74) is 2.13. The molecule has 4 bridgehead atoms. The number of hydrogen-bond donors (Lipinski definition) is 2. The number of thiazole rings is 1. The van der Waals surface area contributed by atoms with Crippen molar-refractivity contribution >= 4 is 17.2 Å². The van der Waals surface area contributed by atoms with E-state index in [4.69, 9.17) is 0 Å². The highest BCUT2D eigenvalue weighted by Crippen LogP contribution is 2.61. The van der Waals surface area contributed by atoms with Crippen molar-refractivity contribution in [3.8, 4) is 16.3 Å². The average molecular weight is 397 g/mol. The van der Waals surface area contributed by atoms with Crippen LogP contribution in [0, 0.1) is 23.2 Å². The number of hydrogen-bond acceptors (Lipinski definition) is 4. The number of carbonyl (C=O) groups excluding carboxylic acids is 1. The maximum absolute atomic E-state index is 12.7. The van der Waals surface area contributed by atoms with E-state index in [2.05, 4.69) is 17.2 Å². The number of benzene rings is 1. The minimum absolute atomic E-state index is 0.0887. The molecule has 4 fully saturated rings. The number of amides is 1. The molecular formula is C23H28N2O2S. The van der Waals surface area contributed by atoms with Gasteiger partial charge in [0.1, 0.15) is 10.8 Å². The lowest BCUT2D eigenvalue weighted by molar-refractivity contribution is -0.125. The van der Waals surface area contributed by atoms with Gasteiger partial charge in [-0.25, -0.2) is 4.98 Å². The Kier molecular flexibility index (Phi) is 4.46. The van der Waals surface area contributed by atoms with Crippen molar-refractivity contribution in [1.82, 2.24) is 10.3 Å². The van der Waals surface area contributed by atoms with Gasteiger partial charge in [0.2, 0.25) is 5.91 Å². The lowest BCUT2D eigenvalue weighted by Crippen LogP contribution is -2.56. The van der Waals surface area contributed by atoms with E-state index in [-0.39, 0.29) is 17.7 Å². The SMILES string of the molecule is C[C@@H](NC(=O)Cc1csc(-c2ccc(O)cc2)n1)C12CC3CC(CC(C3)C1)C2. The molecule has 4 saturated carbocycles. The van der Waals surface area contributed by atoms with Crippen LogP contribution in [0.25, 0.3) is 10.6 Å². The molecule has 0 radical (unpaired) electrons. The molecule has 5 heteroatoms. The molecule has 4 aliphatic rings. The second-order valence-corrected chi connectivity index (χ2v) is 10.3. The second-order valence-electron chi connectivity index (χ2n) is 9.44. The van der Waals surface area contributed by atoms with Gasteiger partial charge >= 0.3 is 0 Å². The number of nitrogens with one attached hydrogen (secondary N) is 1. The summed E-state index contributed by atoms with van der Waals surface area (Å²) in [5.74, 6) is 3.04. The summed E-state index contributed by atoms with van der Waals surface area (Å²) in [4.78, 5) is 17.4. The predicted octanol–water partition coefficient (Wildman–Crippen LogP) is 4.78. The first-order chi connectivity index (χ1) is 13.5. The number of carbonyl (C=O) groups is 1. The van der Waals surface area contributed by atoms with Gasteiger partial charge < -0.3 is 10.4 Å². The molecule has 1 heterocycles. The topological polar surface area (TPSA) is 62.2 Å². The molecule has 1 aromatic carbocycles. The number of phenolic OH excluding ortho intramolecular Hbond substituents is 1. The fourth-order valence-corrected chi connectivity index (χ4v) is 7.27. The molecule has 4 nitrogen and oxygen atoms in total. The summed E-state index contributed by atoms with van der Waals surface area (Å²) in [6, 6.07) is 7.29. The van der Waals surface area contributed by atoms with Gasteiger partial charge in [-0.2, -0.15) is 0 Å². The molecular weight excluding hydrogens is 368 g/mol. The third-order valence-electron chi connectivity index (χ3n) is 7.39. The van der Waals surface area contributed by atoms with E-state index in [0.29, 0.717) is 11.8 Å². The Morgan fingerprint density at radius 3 is 2.39 bits per heavy atom. The minimum atomic E-state index is 0.0887. The summed E-state index contributed by atoms with van der Waals surface area (Å²) in [7, 11) is 0. The highest BCUT2D eigenvalue weighted by atomic mass is 32.1. The van der Waals surface area contributed by atoms with E-state index in [9.17, 15) is 9.90 Å². The van der Waals surface area contributed by atoms with Gasteiger partial charge in [-0.1, -0.05) is 0 Å². The molecule has 2 aromatic rings. The zero-order chi connectivity index (χ0) is 19.3. The van der Waals surface area contributed by atoms with E-state index < -0.39 is 0 Å². The van der Waals surface area contributed by atoms with Gasteiger partial charge in [-0.05, 0) is 92.9 Å². The molecule has 148 valence electrons. The molecule has 4 aliphatic carbocycles. The normalized spacial score (nSPS) is 31.7. The highest BCUT2D eigenvalue weighted by Gasteiger charge is 2.53. The van der Waals surface area contributed by atoms with Crippen molar-refractivity contribution in [2.45, 2.75) is 57.9 Å². The second kappa shape index (κ2) is 6.87. The summed E-state index contributed by atoms with van der Waals surface area (Å²) < 4.78 is 0. The number of nitrogens with zero attached hydrogens (tertiary/aromatic N) is 1. The van der Waals surface area contributed by atoms with Crippen LogP contribution in [-0.4, -0.2) is 22.0 Å². The first-order valence-corrected chi connectivity index (χ1v) is 11.4. The van der Waals surface area contributed by atoms with Crippen LogP contribution in [0.2, 0.25) is 0 Å². The molecule has 28 heavy (non-hydrogen) atoms. The standard InChI is InChI=1S/C23H28N2O2S/c1-14(23-10-15-6-16(11-23)8-17(7-15)12-23)24-21(27)9-19-13-28-22(25-19)18-2-4-20(26)5-3-18/h2-5,13-17,26H,6-12H2,1H3,(H,24,27)/t14-,15?,16?,17?,23?/m1/s1. The van der Waals surface area contributed by atoms with Crippen LogP contribution < -0.4 is 5.32 Å². The Morgan fingerprint density at radius 2 is 1.79 bits per heavy atom. The molecule has 6 rings (SSSR count). The molecule has 1 amide bonds. The molecule has 2 N–H and O–H groups in total. The van der Waals surface area contributed by atoms with E-state index in [0.717, 1.165) is 34.0 Å². The summed E-state index contributed by atoms with van der Waals surface area (Å²) in [5, 5.41) is 15.6. The third kappa shape index (κ3) is 3.34. The monoisotopic (exact) mass is 396 g/mol. The van der Waals surface area contributed by atoms with Crippen molar-refractivity contribution in [3.05, 3.63) is 35.3 Å². The average Bonchev–Trinajstić information content (AvgIpc) is 3.09. The van der Waals surface area contributed by atoms with Crippen LogP contribution in [0.1, 0.15) is 51.1 Å². The van der Waals surface area contributed by atoms with Crippen molar-refractivity contribution in [1.29, 1.82) is 0 Å². The number of aromatic nitrogens is 1. The third-order valence-corrected chi connectivity index (χ3v) is 8.33. The largest absolute Gasteiger partial charge is 0.508 e. The van der Waals surface area contributed by atoms with Crippen LogP contribution in [0.15, 0.2) is 29.6 Å². The smallest absolute Gasteiger partial charge is 0.226 e. The quantitative estimate of drug-likeness (QED) is 0.765. The summed E-state index contributed by atoms with van der Waals surface area (Å²) in [6.07, 6.45) is 8.55. The zero-order valence-electron chi connectivity index (χ0n) is 16.4. The van der Waals surface area contributed by atoms with Crippen LogP contribution in [0.4, 0.5) is 0 Å². The Balaban J connectivity index is 1.22. The Hall–Kier alpha value is -1.88. The van der Waals surface area contributed by atoms with Crippen LogP contribution >= 0.6 is 11.3 Å². The predicted molar refractivity (Wildman–Crippen MR) is 111 cm³/mol. The maximum atomic E-state index is 12.7. The lowest BCUT2D eigenvalue weighted by atomic mass is 9.48. The Morgan fingerprint density at radius 1 is 1.18 bits per heavy atom. The molecule has 1 atom stereocenters. The van der Waals surface area contributed by atoms with Crippen LogP contribution in [0.5, 0.6) is 5.75 Å². The summed E-state index contributed by atoms with van der Waals surface area (Å²) >= 11 is 1.54. The van der Waals surface area contributed by atoms with Crippen LogP contribution in [0.3, 0.4) is 0 Å². The zero-order valence-corrected chi connectivity index (χ0v) is 17.2. The fraction of sp³-hybridized carbons (Fsp3) is 0.565. The van der Waals surface area contributed by atoms with Crippen LogP contribution in [-0.2, 0) is 11.2 Å². The van der Waals surface area contributed by atoms with Gasteiger partial charge in [0.25, 0.3) is 0 Å². The molecule has 0 spiro atoms. The molecule has 0 unspecified atom stereocenters.